The van der Waals surface area contributed by atoms with E-state index in [9.17, 15) is 0 Å². The van der Waals surface area contributed by atoms with E-state index >= 15 is 0 Å². The van der Waals surface area contributed by atoms with E-state index in [-0.39, 0.29) is 6.04 Å². The Morgan fingerprint density at radius 3 is 2.88 bits per heavy atom. The van der Waals surface area contributed by atoms with Crippen molar-refractivity contribution in [2.45, 2.75) is 19.9 Å². The van der Waals surface area contributed by atoms with Crippen LogP contribution < -0.4 is 5.32 Å². The van der Waals surface area contributed by atoms with Crippen molar-refractivity contribution in [1.82, 2.24) is 9.97 Å². The van der Waals surface area contributed by atoms with Crippen molar-refractivity contribution in [3.63, 3.8) is 0 Å². The van der Waals surface area contributed by atoms with Crippen LogP contribution in [0, 0.1) is 6.92 Å². The van der Waals surface area contributed by atoms with Crippen LogP contribution >= 0.6 is 27.3 Å². The Morgan fingerprint density at radius 2 is 2.25 bits per heavy atom. The molecule has 0 fully saturated rings. The molecular formula is C11H12BrN3S. The van der Waals surface area contributed by atoms with Crippen LogP contribution in [0.4, 0.5) is 5.82 Å². The van der Waals surface area contributed by atoms with Gasteiger partial charge in [0, 0.05) is 6.07 Å². The summed E-state index contributed by atoms with van der Waals surface area (Å²) in [5.74, 6) is 1.60. The van der Waals surface area contributed by atoms with Crippen molar-refractivity contribution in [2.24, 2.45) is 0 Å². The maximum atomic E-state index is 4.34. The minimum atomic E-state index is 0.257. The van der Waals surface area contributed by atoms with Gasteiger partial charge in [0.2, 0.25) is 0 Å². The Bertz CT molecular complexity index is 450. The van der Waals surface area contributed by atoms with Crippen LogP contribution in [0.5, 0.6) is 0 Å². The van der Waals surface area contributed by atoms with Gasteiger partial charge in [0.1, 0.15) is 16.2 Å². The first kappa shape index (κ1) is 11.5. The molecule has 0 bridgehead atoms. The molecule has 0 radical (unpaired) electrons. The van der Waals surface area contributed by atoms with Gasteiger partial charge < -0.3 is 5.32 Å². The van der Waals surface area contributed by atoms with Crippen molar-refractivity contribution < 1.29 is 0 Å². The highest BCUT2D eigenvalue weighted by Crippen LogP contribution is 2.21. The van der Waals surface area contributed by atoms with Crippen molar-refractivity contribution in [3.8, 4) is 0 Å². The van der Waals surface area contributed by atoms with Crippen LogP contribution in [0.3, 0.4) is 0 Å². The summed E-state index contributed by atoms with van der Waals surface area (Å²) in [4.78, 5) is 8.51. The summed E-state index contributed by atoms with van der Waals surface area (Å²) in [5, 5.41) is 7.57. The quantitative estimate of drug-likeness (QED) is 0.876. The molecule has 2 aromatic heterocycles. The molecule has 0 saturated carbocycles. The molecule has 2 rings (SSSR count). The minimum Gasteiger partial charge on any atom is -0.363 e. The summed E-state index contributed by atoms with van der Waals surface area (Å²) in [7, 11) is 0. The maximum absolute atomic E-state index is 4.34. The summed E-state index contributed by atoms with van der Waals surface area (Å²) < 4.78 is 0.806. The zero-order chi connectivity index (χ0) is 11.5. The first-order valence-corrected chi connectivity index (χ1v) is 6.68. The van der Waals surface area contributed by atoms with Crippen LogP contribution in [0.25, 0.3) is 0 Å². The van der Waals surface area contributed by atoms with Crippen molar-refractivity contribution in [3.05, 3.63) is 38.9 Å². The molecular weight excluding hydrogens is 286 g/mol. The van der Waals surface area contributed by atoms with Crippen LogP contribution in [0.1, 0.15) is 24.4 Å². The molecule has 2 heterocycles. The van der Waals surface area contributed by atoms with Crippen LogP contribution in [0.15, 0.2) is 27.5 Å². The van der Waals surface area contributed by atoms with Gasteiger partial charge >= 0.3 is 0 Å². The minimum absolute atomic E-state index is 0.257. The Morgan fingerprint density at radius 1 is 1.44 bits per heavy atom. The molecule has 16 heavy (non-hydrogen) atoms. The van der Waals surface area contributed by atoms with E-state index in [1.807, 2.05) is 13.0 Å². The summed E-state index contributed by atoms with van der Waals surface area (Å²) in [6, 6.07) is 4.26. The van der Waals surface area contributed by atoms with Gasteiger partial charge in [0.25, 0.3) is 0 Å². The Balaban J connectivity index is 2.15. The molecule has 0 aliphatic rings. The molecule has 0 aliphatic carbocycles. The van der Waals surface area contributed by atoms with E-state index in [1.54, 1.807) is 11.3 Å². The second-order valence-corrected chi connectivity index (χ2v) is 5.14. The van der Waals surface area contributed by atoms with Crippen LogP contribution in [-0.4, -0.2) is 9.97 Å². The molecule has 0 aliphatic heterocycles. The summed E-state index contributed by atoms with van der Waals surface area (Å²) in [6.45, 7) is 4.00. The molecule has 84 valence electrons. The number of anilines is 1. The Labute approximate surface area is 107 Å². The molecule has 0 saturated heterocycles. The zero-order valence-corrected chi connectivity index (χ0v) is 11.5. The lowest BCUT2D eigenvalue weighted by molar-refractivity contribution is 0.870. The third-order valence-electron chi connectivity index (χ3n) is 2.21. The number of hydrogen-bond acceptors (Lipinski definition) is 4. The van der Waals surface area contributed by atoms with E-state index in [4.69, 9.17) is 0 Å². The average Bonchev–Trinajstić information content (AvgIpc) is 2.68. The number of nitrogens with one attached hydrogen (secondary N) is 1. The molecule has 3 nitrogen and oxygen atoms in total. The van der Waals surface area contributed by atoms with Gasteiger partial charge in [-0.2, -0.15) is 11.3 Å². The number of hydrogen-bond donors (Lipinski definition) is 1. The SMILES string of the molecule is Cc1nc(Br)cc(NC(C)c2ccsc2)n1. The smallest absolute Gasteiger partial charge is 0.131 e. The fourth-order valence-corrected chi connectivity index (χ4v) is 2.66. The van der Waals surface area contributed by atoms with Gasteiger partial charge in [-0.1, -0.05) is 0 Å². The second-order valence-electron chi connectivity index (χ2n) is 3.55. The number of aryl methyl sites for hydroxylation is 1. The molecule has 1 atom stereocenters. The average molecular weight is 298 g/mol. The topological polar surface area (TPSA) is 37.8 Å². The number of halogens is 1. The highest BCUT2D eigenvalue weighted by atomic mass is 79.9. The summed E-state index contributed by atoms with van der Waals surface area (Å²) in [5.41, 5.74) is 1.28. The fourth-order valence-electron chi connectivity index (χ4n) is 1.43. The predicted molar refractivity (Wildman–Crippen MR) is 70.8 cm³/mol. The third kappa shape index (κ3) is 2.80. The van der Waals surface area contributed by atoms with Gasteiger partial charge in [-0.25, -0.2) is 9.97 Å². The molecule has 1 unspecified atom stereocenters. The normalized spacial score (nSPS) is 12.4. The van der Waals surface area contributed by atoms with Gasteiger partial charge in [-0.3, -0.25) is 0 Å². The Hall–Kier alpha value is -0.940. The molecule has 2 aromatic rings. The zero-order valence-electron chi connectivity index (χ0n) is 9.07. The molecule has 1 N–H and O–H groups in total. The van der Waals surface area contributed by atoms with Gasteiger partial charge in [-0.05, 0) is 52.2 Å². The van der Waals surface area contributed by atoms with Gasteiger partial charge in [0.05, 0.1) is 6.04 Å². The molecule has 5 heteroatoms. The number of rotatable bonds is 3. The van der Waals surface area contributed by atoms with Crippen molar-refractivity contribution in [2.75, 3.05) is 5.32 Å². The summed E-state index contributed by atoms with van der Waals surface area (Å²) in [6.07, 6.45) is 0. The van der Waals surface area contributed by atoms with E-state index in [0.717, 1.165) is 16.2 Å². The lowest BCUT2D eigenvalue weighted by atomic mass is 10.2. The number of nitrogens with zero attached hydrogens (tertiary/aromatic N) is 2. The Kier molecular flexibility index (Phi) is 3.56. The van der Waals surface area contributed by atoms with Gasteiger partial charge in [-0.15, -0.1) is 0 Å². The number of thiophene rings is 1. The standard InChI is InChI=1S/C11H12BrN3S/c1-7(9-3-4-16-6-9)13-11-5-10(12)14-8(2)15-11/h3-7H,1-2H3,(H,13,14,15). The first-order valence-electron chi connectivity index (χ1n) is 4.95. The fraction of sp³-hybridized carbons (Fsp3) is 0.273. The third-order valence-corrected chi connectivity index (χ3v) is 3.32. The van der Waals surface area contributed by atoms with E-state index in [0.29, 0.717) is 0 Å². The largest absolute Gasteiger partial charge is 0.363 e. The van der Waals surface area contributed by atoms with Gasteiger partial charge in [0.15, 0.2) is 0 Å². The molecule has 0 aromatic carbocycles. The van der Waals surface area contributed by atoms with Crippen molar-refractivity contribution in [1.29, 1.82) is 0 Å². The summed E-state index contributed by atoms with van der Waals surface area (Å²) >= 11 is 5.07. The maximum Gasteiger partial charge on any atom is 0.131 e. The second kappa shape index (κ2) is 4.93. The highest BCUT2D eigenvalue weighted by Gasteiger charge is 2.07. The van der Waals surface area contributed by atoms with Crippen LogP contribution in [0.2, 0.25) is 0 Å². The number of aromatic nitrogens is 2. The molecule has 0 spiro atoms. The lowest BCUT2D eigenvalue weighted by Crippen LogP contribution is -2.08. The van der Waals surface area contributed by atoms with Crippen molar-refractivity contribution >= 4 is 33.1 Å². The van der Waals surface area contributed by atoms with E-state index in [1.165, 1.54) is 5.56 Å². The lowest BCUT2D eigenvalue weighted by Gasteiger charge is -2.13. The van der Waals surface area contributed by atoms with Crippen LogP contribution in [-0.2, 0) is 0 Å². The van der Waals surface area contributed by atoms with E-state index in [2.05, 4.69) is 55.0 Å². The predicted octanol–water partition coefficient (Wildman–Crippen LogP) is 3.78. The first-order chi connectivity index (χ1) is 7.65. The molecule has 0 amide bonds. The monoisotopic (exact) mass is 297 g/mol. The highest BCUT2D eigenvalue weighted by molar-refractivity contribution is 9.10. The van der Waals surface area contributed by atoms with E-state index < -0.39 is 0 Å².